The average molecular weight is 162 g/mol. The molecule has 0 amide bonds. The highest BCUT2D eigenvalue weighted by molar-refractivity contribution is 7.58. The highest BCUT2D eigenvalue weighted by atomic mass is 31.2. The molecule has 1 aliphatic rings. The van der Waals surface area contributed by atoms with E-state index >= 15 is 0 Å². The van der Waals surface area contributed by atoms with E-state index in [4.69, 9.17) is 6.42 Å². The Morgan fingerprint density at radius 3 is 2.70 bits per heavy atom. The fourth-order valence-corrected chi connectivity index (χ4v) is 2.53. The third-order valence-electron chi connectivity index (χ3n) is 1.36. The number of terminal acetylenes is 1. The Bertz CT molecular complexity index is 232. The lowest BCUT2D eigenvalue weighted by atomic mass is 10.2. The molecule has 0 bridgehead atoms. The molecule has 1 saturated heterocycles. The number of hydrogen-bond donors (Lipinski definition) is 0. The van der Waals surface area contributed by atoms with Gasteiger partial charge in [-0.25, -0.2) is 4.39 Å². The van der Waals surface area contributed by atoms with Crippen molar-refractivity contribution in [3.05, 3.63) is 0 Å². The van der Waals surface area contributed by atoms with Gasteiger partial charge in [-0.05, 0) is 0 Å². The SMILES string of the molecule is C#CC1(F)COP(C)(=O)C1. The Balaban J connectivity index is 2.79. The van der Waals surface area contributed by atoms with Gasteiger partial charge in [0.1, 0.15) is 6.61 Å². The summed E-state index contributed by atoms with van der Waals surface area (Å²) >= 11 is 0. The Labute approximate surface area is 59.2 Å². The van der Waals surface area contributed by atoms with E-state index in [0.29, 0.717) is 0 Å². The Hall–Kier alpha value is -0.320. The molecule has 4 heteroatoms. The fourth-order valence-electron chi connectivity index (χ4n) is 0.873. The van der Waals surface area contributed by atoms with Crippen molar-refractivity contribution in [1.29, 1.82) is 0 Å². The van der Waals surface area contributed by atoms with Crippen LogP contribution in [0.1, 0.15) is 0 Å². The average Bonchev–Trinajstić information content (AvgIpc) is 2.08. The summed E-state index contributed by atoms with van der Waals surface area (Å²) in [5.74, 6) is 1.93. The molecule has 2 atom stereocenters. The van der Waals surface area contributed by atoms with Crippen LogP contribution < -0.4 is 0 Å². The molecule has 0 aromatic carbocycles. The zero-order valence-electron chi connectivity index (χ0n) is 5.63. The maximum absolute atomic E-state index is 13.0. The van der Waals surface area contributed by atoms with Gasteiger partial charge < -0.3 is 4.52 Å². The second-order valence-corrected chi connectivity index (χ2v) is 5.16. The lowest BCUT2D eigenvalue weighted by molar-refractivity contribution is 0.201. The van der Waals surface area contributed by atoms with E-state index in [9.17, 15) is 8.96 Å². The van der Waals surface area contributed by atoms with E-state index in [1.165, 1.54) is 6.66 Å². The maximum atomic E-state index is 13.0. The van der Waals surface area contributed by atoms with E-state index in [-0.39, 0.29) is 12.8 Å². The molecule has 2 nitrogen and oxygen atoms in total. The minimum atomic E-state index is -2.70. The molecule has 0 radical (unpaired) electrons. The minimum Gasteiger partial charge on any atom is -0.324 e. The van der Waals surface area contributed by atoms with Crippen molar-refractivity contribution in [2.75, 3.05) is 19.4 Å². The van der Waals surface area contributed by atoms with Gasteiger partial charge >= 0.3 is 0 Å². The predicted octanol–water partition coefficient (Wildman–Crippen LogP) is 1.27. The van der Waals surface area contributed by atoms with Crippen LogP contribution in [0.25, 0.3) is 0 Å². The van der Waals surface area contributed by atoms with Crippen LogP contribution in [0.15, 0.2) is 0 Å². The summed E-state index contributed by atoms with van der Waals surface area (Å²) in [6.45, 7) is 1.17. The number of halogens is 1. The largest absolute Gasteiger partial charge is 0.324 e. The van der Waals surface area contributed by atoms with Gasteiger partial charge in [0.05, 0.1) is 6.16 Å². The summed E-state index contributed by atoms with van der Waals surface area (Å²) in [6, 6.07) is 0. The van der Waals surface area contributed by atoms with Crippen LogP contribution in [0.2, 0.25) is 0 Å². The molecule has 0 aromatic heterocycles. The number of alkyl halides is 1. The van der Waals surface area contributed by atoms with E-state index < -0.39 is 13.0 Å². The quantitative estimate of drug-likeness (QED) is 0.396. The van der Waals surface area contributed by atoms with Crippen LogP contribution in [-0.4, -0.2) is 25.1 Å². The van der Waals surface area contributed by atoms with Crippen LogP contribution in [0.4, 0.5) is 4.39 Å². The Morgan fingerprint density at radius 1 is 1.90 bits per heavy atom. The standard InChI is InChI=1S/C6H8FO2P/c1-3-6(7)4-9-10(2,8)5-6/h1H,4-5H2,2H3. The molecule has 1 heterocycles. The van der Waals surface area contributed by atoms with E-state index in [1.54, 1.807) is 0 Å². The number of hydrogen-bond acceptors (Lipinski definition) is 2. The first-order valence-electron chi connectivity index (χ1n) is 2.85. The second kappa shape index (κ2) is 2.08. The summed E-state index contributed by atoms with van der Waals surface area (Å²) in [4.78, 5) is 0. The van der Waals surface area contributed by atoms with E-state index in [0.717, 1.165) is 0 Å². The molecule has 0 N–H and O–H groups in total. The lowest BCUT2D eigenvalue weighted by Crippen LogP contribution is -2.23. The molecule has 1 rings (SSSR count). The normalized spacial score (nSPS) is 46.9. The molecule has 0 aromatic rings. The Morgan fingerprint density at radius 2 is 2.50 bits per heavy atom. The number of rotatable bonds is 0. The third kappa shape index (κ3) is 1.39. The zero-order valence-corrected chi connectivity index (χ0v) is 6.53. The van der Waals surface area contributed by atoms with Crippen LogP contribution in [0.3, 0.4) is 0 Å². The predicted molar refractivity (Wildman–Crippen MR) is 37.0 cm³/mol. The van der Waals surface area contributed by atoms with Crippen molar-refractivity contribution >= 4 is 7.37 Å². The van der Waals surface area contributed by atoms with Crippen LogP contribution in [-0.2, 0) is 9.09 Å². The molecule has 56 valence electrons. The molecule has 10 heavy (non-hydrogen) atoms. The van der Waals surface area contributed by atoms with Gasteiger partial charge in [0.2, 0.25) is 13.0 Å². The monoisotopic (exact) mass is 162 g/mol. The maximum Gasteiger partial charge on any atom is 0.204 e. The van der Waals surface area contributed by atoms with Crippen molar-refractivity contribution in [2.24, 2.45) is 0 Å². The Kier molecular flexibility index (Phi) is 1.62. The molecular formula is C6H8FO2P. The molecule has 0 aliphatic carbocycles. The lowest BCUT2D eigenvalue weighted by Gasteiger charge is -2.05. The van der Waals surface area contributed by atoms with Crippen LogP contribution >= 0.6 is 7.37 Å². The highest BCUT2D eigenvalue weighted by Gasteiger charge is 2.43. The van der Waals surface area contributed by atoms with E-state index in [2.05, 4.69) is 4.52 Å². The summed E-state index contributed by atoms with van der Waals surface area (Å²) in [6.07, 6.45) is 4.72. The van der Waals surface area contributed by atoms with Gasteiger partial charge in [-0.1, -0.05) is 5.92 Å². The minimum absolute atomic E-state index is 0.142. The first-order valence-corrected chi connectivity index (χ1v) is 5.11. The molecule has 0 saturated carbocycles. The van der Waals surface area contributed by atoms with Gasteiger partial charge in [0.15, 0.2) is 0 Å². The molecular weight excluding hydrogens is 154 g/mol. The van der Waals surface area contributed by atoms with Crippen LogP contribution in [0.5, 0.6) is 0 Å². The first-order chi connectivity index (χ1) is 4.47. The van der Waals surface area contributed by atoms with Crippen molar-refractivity contribution in [3.8, 4) is 12.3 Å². The van der Waals surface area contributed by atoms with Gasteiger partial charge in [0, 0.05) is 6.66 Å². The van der Waals surface area contributed by atoms with Crippen molar-refractivity contribution in [3.63, 3.8) is 0 Å². The van der Waals surface area contributed by atoms with Crippen LogP contribution in [0, 0.1) is 12.3 Å². The van der Waals surface area contributed by atoms with Gasteiger partial charge in [-0.2, -0.15) is 0 Å². The van der Waals surface area contributed by atoms with Gasteiger partial charge in [-0.3, -0.25) is 4.57 Å². The summed E-state index contributed by atoms with van der Waals surface area (Å²) in [5.41, 5.74) is -1.79. The van der Waals surface area contributed by atoms with E-state index in [1.807, 2.05) is 5.92 Å². The summed E-state index contributed by atoms with van der Waals surface area (Å²) in [5, 5.41) is 0. The third-order valence-corrected chi connectivity index (χ3v) is 3.11. The summed E-state index contributed by atoms with van der Waals surface area (Å²) < 4.78 is 28.7. The molecule has 0 spiro atoms. The first kappa shape index (κ1) is 7.78. The smallest absolute Gasteiger partial charge is 0.204 e. The summed E-state index contributed by atoms with van der Waals surface area (Å²) in [7, 11) is -2.70. The van der Waals surface area contributed by atoms with Crippen molar-refractivity contribution in [2.45, 2.75) is 5.67 Å². The highest BCUT2D eigenvalue weighted by Crippen LogP contribution is 2.52. The van der Waals surface area contributed by atoms with Gasteiger partial charge in [-0.15, -0.1) is 6.42 Å². The fraction of sp³-hybridized carbons (Fsp3) is 0.667. The molecule has 1 fully saturated rings. The molecule has 2 unspecified atom stereocenters. The van der Waals surface area contributed by atoms with Crippen molar-refractivity contribution < 1.29 is 13.5 Å². The molecule has 1 aliphatic heterocycles. The zero-order chi connectivity index (χ0) is 7.83. The van der Waals surface area contributed by atoms with Crippen molar-refractivity contribution in [1.82, 2.24) is 0 Å². The van der Waals surface area contributed by atoms with Gasteiger partial charge in [0.25, 0.3) is 0 Å². The topological polar surface area (TPSA) is 26.3 Å². The second-order valence-electron chi connectivity index (χ2n) is 2.56.